The van der Waals surface area contributed by atoms with Gasteiger partial charge in [0.1, 0.15) is 23.0 Å². The van der Waals surface area contributed by atoms with Crippen LogP contribution in [0, 0.1) is 12.7 Å². The fraction of sp³-hybridized carbons (Fsp3) is 0.136. The first-order chi connectivity index (χ1) is 15.1. The second-order valence-corrected chi connectivity index (χ2v) is 9.55. The fourth-order valence-electron chi connectivity index (χ4n) is 2.97. The van der Waals surface area contributed by atoms with Gasteiger partial charge < -0.3 is 10.1 Å². The lowest BCUT2D eigenvalue weighted by atomic mass is 10.2. The number of ether oxygens (including phenoxy) is 1. The van der Waals surface area contributed by atoms with Crippen molar-refractivity contribution in [1.29, 1.82) is 0 Å². The number of carbonyl (C=O) groups is 1. The summed E-state index contributed by atoms with van der Waals surface area (Å²) in [6.45, 7) is 1.15. The van der Waals surface area contributed by atoms with E-state index in [1.54, 1.807) is 13.0 Å². The van der Waals surface area contributed by atoms with E-state index in [0.29, 0.717) is 11.3 Å². The van der Waals surface area contributed by atoms with E-state index in [0.717, 1.165) is 4.31 Å². The van der Waals surface area contributed by atoms with E-state index in [1.807, 2.05) is 0 Å². The molecule has 0 radical (unpaired) electrons. The summed E-state index contributed by atoms with van der Waals surface area (Å²) in [5.74, 6) is -0.997. The molecule has 0 saturated carbocycles. The second kappa shape index (κ2) is 9.77. The van der Waals surface area contributed by atoms with Gasteiger partial charge in [0, 0.05) is 15.7 Å². The van der Waals surface area contributed by atoms with Crippen LogP contribution < -0.4 is 14.4 Å². The Morgan fingerprint density at radius 1 is 1.03 bits per heavy atom. The predicted octanol–water partition coefficient (Wildman–Crippen LogP) is 5.28. The highest BCUT2D eigenvalue weighted by atomic mass is 35.5. The zero-order valence-corrected chi connectivity index (χ0v) is 19.4. The number of sulfonamides is 1. The topological polar surface area (TPSA) is 75.7 Å². The maximum Gasteiger partial charge on any atom is 0.268 e. The van der Waals surface area contributed by atoms with Crippen molar-refractivity contribution in [2.45, 2.75) is 11.8 Å². The molecule has 32 heavy (non-hydrogen) atoms. The first-order valence-electron chi connectivity index (χ1n) is 9.29. The molecule has 0 spiro atoms. The smallest absolute Gasteiger partial charge is 0.268 e. The monoisotopic (exact) mass is 496 g/mol. The number of benzene rings is 3. The highest BCUT2D eigenvalue weighted by Gasteiger charge is 2.30. The summed E-state index contributed by atoms with van der Waals surface area (Å²) in [4.78, 5) is 12.6. The number of nitrogens with one attached hydrogen (secondary N) is 1. The number of amides is 1. The molecule has 1 amide bonds. The van der Waals surface area contributed by atoms with Crippen LogP contribution in [0.4, 0.5) is 15.8 Å². The molecule has 3 aromatic carbocycles. The molecule has 168 valence electrons. The lowest BCUT2D eigenvalue weighted by Gasteiger charge is -2.25. The third kappa shape index (κ3) is 5.51. The molecule has 0 atom stereocenters. The molecule has 0 aliphatic heterocycles. The van der Waals surface area contributed by atoms with Crippen LogP contribution in [0.1, 0.15) is 5.56 Å². The molecule has 0 unspecified atom stereocenters. The van der Waals surface area contributed by atoms with Crippen LogP contribution in [0.2, 0.25) is 10.0 Å². The number of nitrogens with zero attached hydrogens (tertiary/aromatic N) is 1. The Hall–Kier alpha value is -2.81. The normalized spacial score (nSPS) is 11.2. The van der Waals surface area contributed by atoms with Crippen molar-refractivity contribution in [3.8, 4) is 5.75 Å². The second-order valence-electron chi connectivity index (χ2n) is 6.85. The lowest BCUT2D eigenvalue weighted by molar-refractivity contribution is -0.114. The summed E-state index contributed by atoms with van der Waals surface area (Å²) in [7, 11) is -2.92. The van der Waals surface area contributed by atoms with Gasteiger partial charge in [0.2, 0.25) is 5.91 Å². The Bertz CT molecular complexity index is 1230. The molecule has 3 aromatic rings. The quantitative estimate of drug-likeness (QED) is 0.482. The Morgan fingerprint density at radius 3 is 2.25 bits per heavy atom. The van der Waals surface area contributed by atoms with Gasteiger partial charge in [-0.3, -0.25) is 9.10 Å². The zero-order chi connectivity index (χ0) is 23.5. The van der Waals surface area contributed by atoms with E-state index in [2.05, 4.69) is 5.32 Å². The van der Waals surface area contributed by atoms with Gasteiger partial charge >= 0.3 is 0 Å². The van der Waals surface area contributed by atoms with Crippen molar-refractivity contribution in [2.75, 3.05) is 23.3 Å². The van der Waals surface area contributed by atoms with Crippen LogP contribution in [-0.2, 0) is 14.8 Å². The average Bonchev–Trinajstić information content (AvgIpc) is 2.73. The molecule has 0 heterocycles. The van der Waals surface area contributed by atoms with Gasteiger partial charge in [-0.1, -0.05) is 29.3 Å². The number of methoxy groups -OCH3 is 1. The largest absolute Gasteiger partial charge is 0.495 e. The Morgan fingerprint density at radius 2 is 1.66 bits per heavy atom. The van der Waals surface area contributed by atoms with E-state index in [4.69, 9.17) is 27.9 Å². The van der Waals surface area contributed by atoms with Crippen molar-refractivity contribution in [3.05, 3.63) is 82.1 Å². The van der Waals surface area contributed by atoms with Crippen LogP contribution in [0.25, 0.3) is 0 Å². The fourth-order valence-corrected chi connectivity index (χ4v) is 5.13. The van der Waals surface area contributed by atoms with Gasteiger partial charge in [0.15, 0.2) is 0 Å². The molecular formula is C22H19Cl2FN2O4S. The standard InChI is InChI=1S/C22H19Cl2FN2O4S/c1-14-3-8-20(31-2)21(9-14)32(29,30)27(19-11-15(23)10-16(24)12-19)13-22(28)26-18-6-4-17(25)5-7-18/h3-12H,13H2,1-2H3,(H,26,28). The average molecular weight is 497 g/mol. The van der Waals surface area contributed by atoms with Crippen molar-refractivity contribution < 1.29 is 22.3 Å². The molecule has 10 heteroatoms. The number of rotatable bonds is 7. The highest BCUT2D eigenvalue weighted by molar-refractivity contribution is 7.93. The molecule has 1 N–H and O–H groups in total. The molecule has 0 saturated heterocycles. The van der Waals surface area contributed by atoms with Crippen molar-refractivity contribution in [2.24, 2.45) is 0 Å². The van der Waals surface area contributed by atoms with Gasteiger partial charge in [-0.15, -0.1) is 0 Å². The maximum atomic E-state index is 13.7. The van der Waals surface area contributed by atoms with Gasteiger partial charge in [-0.25, -0.2) is 12.8 Å². The number of aryl methyl sites for hydroxylation is 1. The molecule has 3 rings (SSSR count). The Balaban J connectivity index is 2.05. The summed E-state index contributed by atoms with van der Waals surface area (Å²) < 4.78 is 46.6. The van der Waals surface area contributed by atoms with E-state index in [9.17, 15) is 17.6 Å². The minimum atomic E-state index is -4.28. The van der Waals surface area contributed by atoms with Gasteiger partial charge in [0.25, 0.3) is 10.0 Å². The highest BCUT2D eigenvalue weighted by Crippen LogP contribution is 2.33. The number of hydrogen-bond donors (Lipinski definition) is 1. The minimum absolute atomic E-state index is 0.0975. The molecule has 0 bridgehead atoms. The number of hydrogen-bond acceptors (Lipinski definition) is 4. The van der Waals surface area contributed by atoms with Crippen LogP contribution >= 0.6 is 23.2 Å². The van der Waals surface area contributed by atoms with Gasteiger partial charge in [0.05, 0.1) is 12.8 Å². The molecule has 6 nitrogen and oxygen atoms in total. The summed E-state index contributed by atoms with van der Waals surface area (Å²) in [5.41, 5.74) is 1.09. The first kappa shape index (κ1) is 23.8. The van der Waals surface area contributed by atoms with Crippen molar-refractivity contribution in [1.82, 2.24) is 0 Å². The van der Waals surface area contributed by atoms with Gasteiger partial charge in [-0.2, -0.15) is 0 Å². The SMILES string of the molecule is COc1ccc(C)cc1S(=O)(=O)N(CC(=O)Nc1ccc(F)cc1)c1cc(Cl)cc(Cl)c1. The molecule has 0 aliphatic rings. The first-order valence-corrected chi connectivity index (χ1v) is 11.5. The lowest BCUT2D eigenvalue weighted by Crippen LogP contribution is -2.38. The van der Waals surface area contributed by atoms with Crippen LogP contribution in [0.5, 0.6) is 5.75 Å². The van der Waals surface area contributed by atoms with Gasteiger partial charge in [-0.05, 0) is 67.1 Å². The van der Waals surface area contributed by atoms with E-state index >= 15 is 0 Å². The summed E-state index contributed by atoms with van der Waals surface area (Å²) in [6.07, 6.45) is 0. The van der Waals surface area contributed by atoms with E-state index < -0.39 is 28.3 Å². The molecule has 0 aliphatic carbocycles. The van der Waals surface area contributed by atoms with Crippen LogP contribution in [0.3, 0.4) is 0 Å². The molecular weight excluding hydrogens is 478 g/mol. The zero-order valence-electron chi connectivity index (χ0n) is 17.1. The van der Waals surface area contributed by atoms with E-state index in [-0.39, 0.29) is 26.4 Å². The third-order valence-electron chi connectivity index (χ3n) is 4.44. The Labute approximate surface area is 195 Å². The van der Waals surface area contributed by atoms with Crippen molar-refractivity contribution >= 4 is 50.5 Å². The van der Waals surface area contributed by atoms with Crippen LogP contribution in [-0.4, -0.2) is 28.0 Å². The summed E-state index contributed by atoms with van der Waals surface area (Å²) in [5, 5.41) is 2.95. The van der Waals surface area contributed by atoms with Crippen molar-refractivity contribution in [3.63, 3.8) is 0 Å². The van der Waals surface area contributed by atoms with E-state index in [1.165, 1.54) is 61.7 Å². The summed E-state index contributed by atoms with van der Waals surface area (Å²) in [6, 6.07) is 14.0. The van der Waals surface area contributed by atoms with Crippen LogP contribution in [0.15, 0.2) is 65.6 Å². The third-order valence-corrected chi connectivity index (χ3v) is 6.67. The molecule has 0 aromatic heterocycles. The number of carbonyl (C=O) groups excluding carboxylic acids is 1. The predicted molar refractivity (Wildman–Crippen MR) is 124 cm³/mol. The maximum absolute atomic E-state index is 13.7. The Kier molecular flexibility index (Phi) is 7.28. The number of halogens is 3. The summed E-state index contributed by atoms with van der Waals surface area (Å²) >= 11 is 12.2. The molecule has 0 fully saturated rings. The minimum Gasteiger partial charge on any atom is -0.495 e. The number of anilines is 2.